The number of thiazole rings is 1. The van der Waals surface area contributed by atoms with Crippen LogP contribution in [0, 0.1) is 6.92 Å². The molecule has 1 heterocycles. The number of halogens is 1. The number of methoxy groups -OCH3 is 3. The molecule has 170 valence electrons. The zero-order chi connectivity index (χ0) is 23.5. The number of carbonyl (C=O) groups is 1. The first-order chi connectivity index (χ1) is 15.9. The van der Waals surface area contributed by atoms with Crippen LogP contribution >= 0.6 is 22.9 Å². The summed E-state index contributed by atoms with van der Waals surface area (Å²) in [6.45, 7) is 2.31. The van der Waals surface area contributed by atoms with E-state index >= 15 is 0 Å². The number of anilines is 1. The van der Waals surface area contributed by atoms with Gasteiger partial charge in [0.25, 0.3) is 5.91 Å². The number of fused-ring (bicyclic) bond motifs is 1. The second kappa shape index (κ2) is 9.68. The zero-order valence-electron chi connectivity index (χ0n) is 18.7. The van der Waals surface area contributed by atoms with Crippen LogP contribution in [0.25, 0.3) is 10.2 Å². The van der Waals surface area contributed by atoms with E-state index in [-0.39, 0.29) is 5.91 Å². The molecule has 0 atom stereocenters. The summed E-state index contributed by atoms with van der Waals surface area (Å²) in [7, 11) is 4.57. The third-order valence-corrected chi connectivity index (χ3v) is 6.45. The minimum Gasteiger partial charge on any atom is -0.493 e. The number of carbonyl (C=O) groups excluding carboxylic acids is 1. The van der Waals surface area contributed by atoms with Crippen molar-refractivity contribution in [3.8, 4) is 17.2 Å². The summed E-state index contributed by atoms with van der Waals surface area (Å²) in [4.78, 5) is 20.3. The highest BCUT2D eigenvalue weighted by Crippen LogP contribution is 2.40. The summed E-state index contributed by atoms with van der Waals surface area (Å²) in [5, 5.41) is 1.22. The Hall–Kier alpha value is -3.29. The van der Waals surface area contributed by atoms with Gasteiger partial charge in [-0.3, -0.25) is 9.69 Å². The van der Waals surface area contributed by atoms with Crippen molar-refractivity contribution < 1.29 is 19.0 Å². The first kappa shape index (κ1) is 22.9. The number of ether oxygens (including phenoxy) is 3. The number of benzene rings is 3. The van der Waals surface area contributed by atoms with Gasteiger partial charge in [0.15, 0.2) is 16.6 Å². The number of hydrogen-bond donors (Lipinski definition) is 0. The maximum Gasteiger partial charge on any atom is 0.260 e. The van der Waals surface area contributed by atoms with Crippen LogP contribution in [0.4, 0.5) is 5.13 Å². The molecule has 6 nitrogen and oxygen atoms in total. The van der Waals surface area contributed by atoms with Crippen molar-refractivity contribution in [1.29, 1.82) is 0 Å². The Morgan fingerprint density at radius 3 is 2.27 bits per heavy atom. The summed E-state index contributed by atoms with van der Waals surface area (Å²) < 4.78 is 17.2. The second-order valence-electron chi connectivity index (χ2n) is 7.36. The molecule has 0 bridgehead atoms. The Morgan fingerprint density at radius 1 is 1.00 bits per heavy atom. The van der Waals surface area contributed by atoms with Crippen LogP contribution in [-0.2, 0) is 6.54 Å². The van der Waals surface area contributed by atoms with Gasteiger partial charge in [0.05, 0.1) is 38.1 Å². The molecule has 0 radical (unpaired) electrons. The molecule has 1 amide bonds. The molecule has 3 aromatic carbocycles. The topological polar surface area (TPSA) is 60.9 Å². The fourth-order valence-electron chi connectivity index (χ4n) is 3.61. The zero-order valence-corrected chi connectivity index (χ0v) is 20.3. The fourth-order valence-corrected chi connectivity index (χ4v) is 5.03. The van der Waals surface area contributed by atoms with Gasteiger partial charge < -0.3 is 14.2 Å². The minimum atomic E-state index is -0.235. The third-order valence-electron chi connectivity index (χ3n) is 5.21. The quantitative estimate of drug-likeness (QED) is 0.317. The van der Waals surface area contributed by atoms with Crippen LogP contribution in [-0.4, -0.2) is 32.2 Å². The lowest BCUT2D eigenvalue weighted by Gasteiger charge is -2.21. The van der Waals surface area contributed by atoms with Crippen LogP contribution in [0.5, 0.6) is 17.2 Å². The van der Waals surface area contributed by atoms with Gasteiger partial charge in [0.2, 0.25) is 5.75 Å². The third kappa shape index (κ3) is 4.60. The lowest BCUT2D eigenvalue weighted by molar-refractivity contribution is 0.0984. The van der Waals surface area contributed by atoms with E-state index in [4.69, 9.17) is 30.8 Å². The van der Waals surface area contributed by atoms with Crippen molar-refractivity contribution in [2.45, 2.75) is 13.5 Å². The first-order valence-electron chi connectivity index (χ1n) is 10.2. The highest BCUT2D eigenvalue weighted by molar-refractivity contribution is 7.22. The molecular formula is C25H23ClN2O4S. The first-order valence-corrected chi connectivity index (χ1v) is 11.4. The van der Waals surface area contributed by atoms with Crippen molar-refractivity contribution in [2.24, 2.45) is 0 Å². The summed E-state index contributed by atoms with van der Waals surface area (Å²) in [5.74, 6) is 1.01. The molecule has 0 aliphatic rings. The standard InChI is InChI=1S/C25H23ClN2O4S/c1-15-10-18(26)13-21-22(15)27-25(33-21)28(14-16-8-6-5-7-9-16)24(29)17-11-19(30-2)23(32-4)20(12-17)31-3/h5-13H,14H2,1-4H3. The summed E-state index contributed by atoms with van der Waals surface area (Å²) in [5.41, 5.74) is 3.16. The highest BCUT2D eigenvalue weighted by atomic mass is 35.5. The number of nitrogens with zero attached hydrogens (tertiary/aromatic N) is 2. The molecule has 0 unspecified atom stereocenters. The summed E-state index contributed by atoms with van der Waals surface area (Å²) in [6.07, 6.45) is 0. The van der Waals surface area contributed by atoms with Gasteiger partial charge in [-0.15, -0.1) is 0 Å². The van der Waals surface area contributed by atoms with E-state index in [1.165, 1.54) is 32.7 Å². The van der Waals surface area contributed by atoms with Crippen LogP contribution in [0.1, 0.15) is 21.5 Å². The molecule has 0 saturated heterocycles. The average Bonchev–Trinajstić information content (AvgIpc) is 3.25. The van der Waals surface area contributed by atoms with E-state index in [0.29, 0.717) is 39.5 Å². The van der Waals surface area contributed by atoms with Gasteiger partial charge in [-0.05, 0) is 42.3 Å². The van der Waals surface area contributed by atoms with Gasteiger partial charge in [-0.2, -0.15) is 0 Å². The SMILES string of the molecule is COc1cc(C(=O)N(Cc2ccccc2)c2nc3c(C)cc(Cl)cc3s2)cc(OC)c1OC. The highest BCUT2D eigenvalue weighted by Gasteiger charge is 2.25. The molecule has 4 rings (SSSR count). The molecule has 4 aromatic rings. The van der Waals surface area contributed by atoms with Crippen molar-refractivity contribution >= 4 is 44.2 Å². The van der Waals surface area contributed by atoms with Gasteiger partial charge in [-0.1, -0.05) is 53.3 Å². The molecule has 1 aromatic heterocycles. The monoisotopic (exact) mass is 482 g/mol. The van der Waals surface area contributed by atoms with Crippen LogP contribution in [0.2, 0.25) is 5.02 Å². The molecule has 33 heavy (non-hydrogen) atoms. The smallest absolute Gasteiger partial charge is 0.260 e. The van der Waals surface area contributed by atoms with Crippen LogP contribution in [0.3, 0.4) is 0 Å². The molecule has 0 N–H and O–H groups in total. The van der Waals surface area contributed by atoms with Gasteiger partial charge >= 0.3 is 0 Å². The maximum absolute atomic E-state index is 13.8. The Kier molecular flexibility index (Phi) is 6.72. The lowest BCUT2D eigenvalue weighted by atomic mass is 10.1. The average molecular weight is 483 g/mol. The Bertz CT molecular complexity index is 1280. The van der Waals surface area contributed by atoms with E-state index in [0.717, 1.165) is 21.3 Å². The van der Waals surface area contributed by atoms with E-state index in [9.17, 15) is 4.79 Å². The van der Waals surface area contributed by atoms with E-state index in [1.807, 2.05) is 49.4 Å². The summed E-state index contributed by atoms with van der Waals surface area (Å²) in [6, 6.07) is 16.8. The molecule has 0 aliphatic heterocycles. The normalized spacial score (nSPS) is 10.8. The number of aryl methyl sites for hydroxylation is 1. The number of amides is 1. The van der Waals surface area contributed by atoms with Crippen molar-refractivity contribution in [2.75, 3.05) is 26.2 Å². The summed E-state index contributed by atoms with van der Waals surface area (Å²) >= 11 is 7.68. The molecule has 0 spiro atoms. The van der Waals surface area contributed by atoms with E-state index in [1.54, 1.807) is 17.0 Å². The van der Waals surface area contributed by atoms with E-state index in [2.05, 4.69) is 0 Å². The van der Waals surface area contributed by atoms with Crippen molar-refractivity contribution in [3.05, 3.63) is 76.3 Å². The molecule has 0 fully saturated rings. The molecular weight excluding hydrogens is 460 g/mol. The molecule has 0 aliphatic carbocycles. The predicted molar refractivity (Wildman–Crippen MR) is 132 cm³/mol. The van der Waals surface area contributed by atoms with Gasteiger partial charge in [0, 0.05) is 10.6 Å². The fraction of sp³-hybridized carbons (Fsp3) is 0.200. The lowest BCUT2D eigenvalue weighted by Crippen LogP contribution is -2.30. The number of aromatic nitrogens is 1. The second-order valence-corrected chi connectivity index (χ2v) is 8.80. The molecule has 8 heteroatoms. The van der Waals surface area contributed by atoms with Crippen molar-refractivity contribution in [3.63, 3.8) is 0 Å². The van der Waals surface area contributed by atoms with Gasteiger partial charge in [-0.25, -0.2) is 4.98 Å². The minimum absolute atomic E-state index is 0.235. The van der Waals surface area contributed by atoms with Crippen LogP contribution in [0.15, 0.2) is 54.6 Å². The number of hydrogen-bond acceptors (Lipinski definition) is 6. The number of rotatable bonds is 7. The Balaban J connectivity index is 1.83. The van der Waals surface area contributed by atoms with Gasteiger partial charge in [0.1, 0.15) is 0 Å². The Morgan fingerprint density at radius 2 is 1.67 bits per heavy atom. The van der Waals surface area contributed by atoms with Crippen molar-refractivity contribution in [1.82, 2.24) is 4.98 Å². The maximum atomic E-state index is 13.8. The predicted octanol–water partition coefficient (Wildman–Crippen LogP) is 6.13. The van der Waals surface area contributed by atoms with E-state index < -0.39 is 0 Å². The molecule has 0 saturated carbocycles. The largest absolute Gasteiger partial charge is 0.493 e. The Labute approximate surface area is 201 Å². The van der Waals surface area contributed by atoms with Crippen LogP contribution < -0.4 is 19.1 Å².